The molecule has 132 valence electrons. The summed E-state index contributed by atoms with van der Waals surface area (Å²) in [6, 6.07) is 5.81. The van der Waals surface area contributed by atoms with E-state index in [-0.39, 0.29) is 12.2 Å². The monoisotopic (exact) mass is 445 g/mol. The maximum atomic E-state index is 12.1. The highest BCUT2D eigenvalue weighted by Gasteiger charge is 2.31. The third-order valence-corrected chi connectivity index (χ3v) is 4.43. The molecule has 0 aliphatic carbocycles. The first kappa shape index (κ1) is 18.9. The molecule has 0 unspecified atom stereocenters. The minimum absolute atomic E-state index is 0.0255. The fourth-order valence-corrected chi connectivity index (χ4v) is 3.03. The summed E-state index contributed by atoms with van der Waals surface area (Å²) < 4.78 is 17.6. The van der Waals surface area contributed by atoms with E-state index in [1.165, 1.54) is 0 Å². The van der Waals surface area contributed by atoms with Crippen LogP contribution in [0.5, 0.6) is 5.75 Å². The molecule has 1 aromatic carbocycles. The number of methoxy groups -OCH3 is 1. The molecule has 1 amide bonds. The molecule has 0 bridgehead atoms. The molecule has 0 saturated carbocycles. The van der Waals surface area contributed by atoms with Gasteiger partial charge in [0.2, 0.25) is 0 Å². The molecule has 1 atom stereocenters. The number of halogens is 1. The van der Waals surface area contributed by atoms with Gasteiger partial charge in [-0.1, -0.05) is 6.58 Å². The van der Waals surface area contributed by atoms with Crippen LogP contribution in [0.25, 0.3) is 5.76 Å². The first-order chi connectivity index (χ1) is 11.2. The Morgan fingerprint density at radius 1 is 1.38 bits per heavy atom. The van der Waals surface area contributed by atoms with Gasteiger partial charge >= 0.3 is 6.09 Å². The summed E-state index contributed by atoms with van der Waals surface area (Å²) >= 11 is 2.23. The average molecular weight is 445 g/mol. The van der Waals surface area contributed by atoms with Crippen molar-refractivity contribution in [2.24, 2.45) is 0 Å². The van der Waals surface area contributed by atoms with Crippen LogP contribution < -0.4 is 4.74 Å². The minimum Gasteiger partial charge on any atom is -0.497 e. The summed E-state index contributed by atoms with van der Waals surface area (Å²) in [5.41, 5.74) is 0.446. The molecule has 1 fully saturated rings. The Balaban J connectivity index is 1.96. The SMILES string of the molecule is C=C(OC)c1ccc(O[C@H]2CCN(C(=O)OC(C)(C)C)C2)c(I)c1. The van der Waals surface area contributed by atoms with Crippen molar-refractivity contribution in [1.29, 1.82) is 0 Å². The van der Waals surface area contributed by atoms with E-state index >= 15 is 0 Å². The topological polar surface area (TPSA) is 48.0 Å². The highest BCUT2D eigenvalue weighted by atomic mass is 127. The van der Waals surface area contributed by atoms with Crippen molar-refractivity contribution < 1.29 is 19.0 Å². The second-order valence-corrected chi connectivity index (χ2v) is 7.89. The van der Waals surface area contributed by atoms with Crippen LogP contribution in [0.2, 0.25) is 0 Å². The molecular formula is C18H24INO4. The van der Waals surface area contributed by atoms with Crippen LogP contribution in [0.15, 0.2) is 24.8 Å². The van der Waals surface area contributed by atoms with Crippen molar-refractivity contribution in [3.63, 3.8) is 0 Å². The molecule has 1 heterocycles. The molecule has 5 nitrogen and oxygen atoms in total. The Morgan fingerprint density at radius 3 is 2.67 bits per heavy atom. The molecule has 1 aliphatic rings. The van der Waals surface area contributed by atoms with E-state index in [1.807, 2.05) is 39.0 Å². The van der Waals surface area contributed by atoms with Crippen LogP contribution in [-0.2, 0) is 9.47 Å². The molecule has 1 aromatic rings. The Bertz CT molecular complexity index is 624. The van der Waals surface area contributed by atoms with Gasteiger partial charge < -0.3 is 19.1 Å². The standard InChI is InChI=1S/C18H24INO4/c1-12(22-5)13-6-7-16(15(19)10-13)23-14-8-9-20(11-14)17(21)24-18(2,3)4/h6-7,10,14H,1,8-9,11H2,2-5H3/t14-/m0/s1. The third kappa shape index (κ3) is 5.03. The van der Waals surface area contributed by atoms with E-state index in [1.54, 1.807) is 12.0 Å². The van der Waals surface area contributed by atoms with E-state index in [2.05, 4.69) is 29.2 Å². The summed E-state index contributed by atoms with van der Waals surface area (Å²) in [5.74, 6) is 1.43. The largest absolute Gasteiger partial charge is 0.497 e. The normalized spacial score (nSPS) is 17.5. The van der Waals surface area contributed by atoms with Gasteiger partial charge in [-0.15, -0.1) is 0 Å². The molecule has 24 heavy (non-hydrogen) atoms. The summed E-state index contributed by atoms with van der Waals surface area (Å²) in [6.07, 6.45) is 0.486. The highest BCUT2D eigenvalue weighted by Crippen LogP contribution is 2.28. The number of benzene rings is 1. The first-order valence-electron chi connectivity index (χ1n) is 7.87. The molecule has 1 aliphatic heterocycles. The average Bonchev–Trinajstić information content (AvgIpc) is 2.95. The van der Waals surface area contributed by atoms with Gasteiger partial charge in [0.05, 0.1) is 17.2 Å². The lowest BCUT2D eigenvalue weighted by molar-refractivity contribution is 0.0275. The van der Waals surface area contributed by atoms with Gasteiger partial charge in [0.25, 0.3) is 0 Å². The zero-order valence-electron chi connectivity index (χ0n) is 14.6. The molecule has 0 radical (unpaired) electrons. The van der Waals surface area contributed by atoms with Gasteiger partial charge in [-0.2, -0.15) is 0 Å². The van der Waals surface area contributed by atoms with Gasteiger partial charge in [-0.3, -0.25) is 0 Å². The molecule has 6 heteroatoms. The quantitative estimate of drug-likeness (QED) is 0.513. The lowest BCUT2D eigenvalue weighted by Crippen LogP contribution is -2.36. The van der Waals surface area contributed by atoms with Gasteiger partial charge in [-0.25, -0.2) is 4.79 Å². The van der Waals surface area contributed by atoms with Crippen molar-refractivity contribution in [2.45, 2.75) is 38.9 Å². The number of hydrogen-bond acceptors (Lipinski definition) is 4. The van der Waals surface area contributed by atoms with Gasteiger partial charge in [0.15, 0.2) is 0 Å². The molecule has 0 spiro atoms. The molecule has 2 rings (SSSR count). The Labute approximate surface area is 157 Å². The van der Waals surface area contributed by atoms with E-state index in [0.717, 1.165) is 21.3 Å². The smallest absolute Gasteiger partial charge is 0.410 e. The van der Waals surface area contributed by atoms with Gasteiger partial charge in [0.1, 0.15) is 23.2 Å². The third-order valence-electron chi connectivity index (χ3n) is 3.59. The predicted octanol–water partition coefficient (Wildman–Crippen LogP) is 4.30. The Hall–Kier alpha value is -1.44. The first-order valence-corrected chi connectivity index (χ1v) is 8.95. The van der Waals surface area contributed by atoms with Crippen LogP contribution in [0.3, 0.4) is 0 Å². The summed E-state index contributed by atoms with van der Waals surface area (Å²) in [4.78, 5) is 13.8. The van der Waals surface area contributed by atoms with Crippen LogP contribution >= 0.6 is 22.6 Å². The van der Waals surface area contributed by atoms with Crippen LogP contribution in [0.1, 0.15) is 32.8 Å². The van der Waals surface area contributed by atoms with Crippen molar-refractivity contribution in [1.82, 2.24) is 4.90 Å². The maximum Gasteiger partial charge on any atom is 0.410 e. The summed E-state index contributed by atoms with van der Waals surface area (Å²) in [7, 11) is 1.60. The molecule has 0 N–H and O–H groups in total. The Morgan fingerprint density at radius 2 is 2.08 bits per heavy atom. The summed E-state index contributed by atoms with van der Waals surface area (Å²) in [5, 5.41) is 0. The molecular weight excluding hydrogens is 421 g/mol. The van der Waals surface area contributed by atoms with Gasteiger partial charge in [0, 0.05) is 18.5 Å². The number of carbonyl (C=O) groups excluding carboxylic acids is 1. The van der Waals surface area contributed by atoms with Crippen LogP contribution in [0, 0.1) is 3.57 Å². The van der Waals surface area contributed by atoms with Crippen molar-refractivity contribution in [3.05, 3.63) is 33.9 Å². The fourth-order valence-electron chi connectivity index (χ4n) is 2.38. The van der Waals surface area contributed by atoms with Gasteiger partial charge in [-0.05, 0) is 61.6 Å². The maximum absolute atomic E-state index is 12.1. The summed E-state index contributed by atoms with van der Waals surface area (Å²) in [6.45, 7) is 10.6. The number of likely N-dealkylation sites (tertiary alicyclic amines) is 1. The van der Waals surface area contributed by atoms with Crippen molar-refractivity contribution in [2.75, 3.05) is 20.2 Å². The number of rotatable bonds is 4. The number of amides is 1. The zero-order valence-corrected chi connectivity index (χ0v) is 16.8. The van der Waals surface area contributed by atoms with E-state index in [9.17, 15) is 4.79 Å². The Kier molecular flexibility index (Phi) is 6.01. The molecule has 0 aromatic heterocycles. The predicted molar refractivity (Wildman–Crippen MR) is 102 cm³/mol. The van der Waals surface area contributed by atoms with E-state index in [4.69, 9.17) is 14.2 Å². The second kappa shape index (κ2) is 7.63. The molecule has 1 saturated heterocycles. The second-order valence-electron chi connectivity index (χ2n) is 6.73. The zero-order chi connectivity index (χ0) is 17.9. The van der Waals surface area contributed by atoms with Crippen LogP contribution in [0.4, 0.5) is 4.79 Å². The van der Waals surface area contributed by atoms with Crippen molar-refractivity contribution >= 4 is 34.4 Å². The lowest BCUT2D eigenvalue weighted by Gasteiger charge is -2.24. The number of nitrogens with zero attached hydrogens (tertiary/aromatic N) is 1. The highest BCUT2D eigenvalue weighted by molar-refractivity contribution is 14.1. The number of hydrogen-bond donors (Lipinski definition) is 0. The fraction of sp³-hybridized carbons (Fsp3) is 0.500. The number of carbonyl (C=O) groups is 1. The van der Waals surface area contributed by atoms with E-state index in [0.29, 0.717) is 18.8 Å². The van der Waals surface area contributed by atoms with Crippen molar-refractivity contribution in [3.8, 4) is 5.75 Å². The van der Waals surface area contributed by atoms with E-state index < -0.39 is 5.60 Å². The minimum atomic E-state index is -0.481. The lowest BCUT2D eigenvalue weighted by atomic mass is 10.2. The van der Waals surface area contributed by atoms with Crippen LogP contribution in [-0.4, -0.2) is 42.9 Å². The number of ether oxygens (including phenoxy) is 3.